The topological polar surface area (TPSA) is 81.9 Å². The van der Waals surface area contributed by atoms with Gasteiger partial charge in [0.15, 0.2) is 11.5 Å². The highest BCUT2D eigenvalue weighted by molar-refractivity contribution is 5.98. The zero-order valence-electron chi connectivity index (χ0n) is 13.9. The molecule has 1 atom stereocenters. The van der Waals surface area contributed by atoms with Crippen LogP contribution in [0.1, 0.15) is 43.5 Å². The molecule has 23 heavy (non-hydrogen) atoms. The molecule has 0 saturated carbocycles. The first-order chi connectivity index (χ1) is 10.9. The lowest BCUT2D eigenvalue weighted by Crippen LogP contribution is -2.50. The van der Waals surface area contributed by atoms with Crippen molar-refractivity contribution >= 4 is 11.8 Å². The predicted octanol–water partition coefficient (Wildman–Crippen LogP) is 1.96. The minimum atomic E-state index is -0.533. The SMILES string of the molecule is COc1cc(C(=O)N2CCCCC2C(N)=O)ccc1OC(C)C. The number of methoxy groups -OCH3 is 1. The van der Waals surface area contributed by atoms with Gasteiger partial charge in [0.25, 0.3) is 5.91 Å². The quantitative estimate of drug-likeness (QED) is 0.899. The minimum absolute atomic E-state index is 0.00629. The second-order valence-electron chi connectivity index (χ2n) is 5.94. The van der Waals surface area contributed by atoms with Gasteiger partial charge < -0.3 is 20.1 Å². The van der Waals surface area contributed by atoms with Gasteiger partial charge >= 0.3 is 0 Å². The average molecular weight is 320 g/mol. The van der Waals surface area contributed by atoms with E-state index >= 15 is 0 Å². The van der Waals surface area contributed by atoms with Crippen molar-refractivity contribution in [3.05, 3.63) is 23.8 Å². The number of rotatable bonds is 5. The monoisotopic (exact) mass is 320 g/mol. The predicted molar refractivity (Wildman–Crippen MR) is 86.6 cm³/mol. The van der Waals surface area contributed by atoms with Crippen LogP contribution in [0.4, 0.5) is 0 Å². The van der Waals surface area contributed by atoms with E-state index < -0.39 is 11.9 Å². The van der Waals surface area contributed by atoms with Gasteiger partial charge in [0.05, 0.1) is 13.2 Å². The fourth-order valence-corrected chi connectivity index (χ4v) is 2.79. The maximum Gasteiger partial charge on any atom is 0.254 e. The first kappa shape index (κ1) is 17.1. The highest BCUT2D eigenvalue weighted by Crippen LogP contribution is 2.30. The van der Waals surface area contributed by atoms with Crippen molar-refractivity contribution in [3.63, 3.8) is 0 Å². The van der Waals surface area contributed by atoms with Crippen LogP contribution in [0.15, 0.2) is 18.2 Å². The molecule has 0 spiro atoms. The third-order valence-corrected chi connectivity index (χ3v) is 3.87. The van der Waals surface area contributed by atoms with Crippen LogP contribution in [0.25, 0.3) is 0 Å². The van der Waals surface area contributed by atoms with Crippen molar-refractivity contribution in [2.24, 2.45) is 5.73 Å². The van der Waals surface area contributed by atoms with Gasteiger partial charge in [-0.15, -0.1) is 0 Å². The van der Waals surface area contributed by atoms with E-state index in [1.807, 2.05) is 13.8 Å². The van der Waals surface area contributed by atoms with Gasteiger partial charge in [-0.2, -0.15) is 0 Å². The zero-order valence-corrected chi connectivity index (χ0v) is 13.9. The highest BCUT2D eigenvalue weighted by atomic mass is 16.5. The number of nitrogens with two attached hydrogens (primary N) is 1. The summed E-state index contributed by atoms with van der Waals surface area (Å²) in [4.78, 5) is 25.9. The van der Waals surface area contributed by atoms with E-state index in [9.17, 15) is 9.59 Å². The van der Waals surface area contributed by atoms with E-state index in [1.165, 1.54) is 7.11 Å². The fourth-order valence-electron chi connectivity index (χ4n) is 2.79. The number of piperidine rings is 1. The van der Waals surface area contributed by atoms with Crippen molar-refractivity contribution in [2.45, 2.75) is 45.3 Å². The van der Waals surface area contributed by atoms with Gasteiger partial charge in [-0.1, -0.05) is 0 Å². The van der Waals surface area contributed by atoms with Crippen LogP contribution in [0.2, 0.25) is 0 Å². The molecule has 0 aliphatic carbocycles. The van der Waals surface area contributed by atoms with Crippen molar-refractivity contribution in [2.75, 3.05) is 13.7 Å². The molecular weight excluding hydrogens is 296 g/mol. The molecule has 1 aromatic rings. The van der Waals surface area contributed by atoms with Crippen LogP contribution in [-0.2, 0) is 4.79 Å². The summed E-state index contributed by atoms with van der Waals surface area (Å²) < 4.78 is 11.0. The summed E-state index contributed by atoms with van der Waals surface area (Å²) in [6.07, 6.45) is 2.40. The summed E-state index contributed by atoms with van der Waals surface area (Å²) in [5.74, 6) is 0.425. The lowest BCUT2D eigenvalue weighted by Gasteiger charge is -2.33. The number of hydrogen-bond acceptors (Lipinski definition) is 4. The number of carbonyl (C=O) groups is 2. The largest absolute Gasteiger partial charge is 0.493 e. The molecule has 0 aromatic heterocycles. The third-order valence-electron chi connectivity index (χ3n) is 3.87. The lowest BCUT2D eigenvalue weighted by molar-refractivity contribution is -0.123. The van der Waals surface area contributed by atoms with Crippen LogP contribution < -0.4 is 15.2 Å². The van der Waals surface area contributed by atoms with Crippen molar-refractivity contribution in [1.82, 2.24) is 4.90 Å². The Labute approximate surface area is 136 Å². The van der Waals surface area contributed by atoms with E-state index in [0.29, 0.717) is 30.0 Å². The van der Waals surface area contributed by atoms with E-state index in [2.05, 4.69) is 0 Å². The normalized spacial score (nSPS) is 17.9. The van der Waals surface area contributed by atoms with Crippen LogP contribution in [0.3, 0.4) is 0 Å². The maximum absolute atomic E-state index is 12.7. The Morgan fingerprint density at radius 3 is 2.61 bits per heavy atom. The van der Waals surface area contributed by atoms with Gasteiger partial charge in [0, 0.05) is 12.1 Å². The maximum atomic E-state index is 12.7. The minimum Gasteiger partial charge on any atom is -0.493 e. The van der Waals surface area contributed by atoms with Gasteiger partial charge in [-0.3, -0.25) is 9.59 Å². The van der Waals surface area contributed by atoms with Crippen molar-refractivity contribution in [3.8, 4) is 11.5 Å². The Bertz CT molecular complexity index is 586. The van der Waals surface area contributed by atoms with E-state index in [4.69, 9.17) is 15.2 Å². The number of carbonyl (C=O) groups excluding carboxylic acids is 2. The highest BCUT2D eigenvalue weighted by Gasteiger charge is 2.31. The summed E-state index contributed by atoms with van der Waals surface area (Å²) in [5, 5.41) is 0. The molecule has 126 valence electrons. The first-order valence-corrected chi connectivity index (χ1v) is 7.89. The Hall–Kier alpha value is -2.24. The van der Waals surface area contributed by atoms with Crippen molar-refractivity contribution in [1.29, 1.82) is 0 Å². The van der Waals surface area contributed by atoms with Crippen LogP contribution in [-0.4, -0.2) is 42.5 Å². The summed E-state index contributed by atoms with van der Waals surface area (Å²) >= 11 is 0. The molecule has 1 unspecified atom stereocenters. The molecule has 2 N–H and O–H groups in total. The molecule has 1 aliphatic heterocycles. The van der Waals surface area contributed by atoms with E-state index in [0.717, 1.165) is 12.8 Å². The Balaban J connectivity index is 2.26. The molecule has 1 heterocycles. The Morgan fingerprint density at radius 2 is 2.00 bits per heavy atom. The second kappa shape index (κ2) is 7.35. The number of amides is 2. The van der Waals surface area contributed by atoms with Gasteiger partial charge in [-0.05, 0) is 51.3 Å². The number of hydrogen-bond donors (Lipinski definition) is 1. The number of nitrogens with zero attached hydrogens (tertiary/aromatic N) is 1. The van der Waals surface area contributed by atoms with Crippen LogP contribution >= 0.6 is 0 Å². The molecule has 6 heteroatoms. The number of ether oxygens (including phenoxy) is 2. The molecule has 1 aromatic carbocycles. The molecule has 6 nitrogen and oxygen atoms in total. The van der Waals surface area contributed by atoms with E-state index in [-0.39, 0.29) is 12.0 Å². The first-order valence-electron chi connectivity index (χ1n) is 7.89. The molecular formula is C17H24N2O4. The van der Waals surface area contributed by atoms with Crippen molar-refractivity contribution < 1.29 is 19.1 Å². The third kappa shape index (κ3) is 3.94. The molecule has 2 rings (SSSR count). The number of benzene rings is 1. The molecule has 1 aliphatic rings. The molecule has 0 bridgehead atoms. The summed E-state index contributed by atoms with van der Waals surface area (Å²) in [6.45, 7) is 4.38. The summed E-state index contributed by atoms with van der Waals surface area (Å²) in [6, 6.07) is 4.52. The lowest BCUT2D eigenvalue weighted by atomic mass is 10.00. The number of primary amides is 1. The molecule has 1 fully saturated rings. The molecule has 2 amide bonds. The zero-order chi connectivity index (χ0) is 17.0. The Morgan fingerprint density at radius 1 is 1.26 bits per heavy atom. The van der Waals surface area contributed by atoms with Crippen LogP contribution in [0, 0.1) is 0 Å². The summed E-state index contributed by atoms with van der Waals surface area (Å²) in [7, 11) is 1.53. The van der Waals surface area contributed by atoms with E-state index in [1.54, 1.807) is 23.1 Å². The average Bonchev–Trinajstić information content (AvgIpc) is 2.54. The number of likely N-dealkylation sites (tertiary alicyclic amines) is 1. The second-order valence-corrected chi connectivity index (χ2v) is 5.94. The smallest absolute Gasteiger partial charge is 0.254 e. The van der Waals surface area contributed by atoms with Crippen LogP contribution in [0.5, 0.6) is 11.5 Å². The Kier molecular flexibility index (Phi) is 5.47. The summed E-state index contributed by atoms with van der Waals surface area (Å²) in [5.41, 5.74) is 5.89. The standard InChI is InChI=1S/C17H24N2O4/c1-11(2)23-14-8-7-12(10-15(14)22-3)17(21)19-9-5-4-6-13(19)16(18)20/h7-8,10-11,13H,4-6,9H2,1-3H3,(H2,18,20). The molecule has 0 radical (unpaired) electrons. The van der Waals surface area contributed by atoms with Gasteiger partial charge in [0.2, 0.25) is 5.91 Å². The molecule has 1 saturated heterocycles. The van der Waals surface area contributed by atoms with Gasteiger partial charge in [-0.25, -0.2) is 0 Å². The van der Waals surface area contributed by atoms with Gasteiger partial charge in [0.1, 0.15) is 6.04 Å². The fraction of sp³-hybridized carbons (Fsp3) is 0.529.